The van der Waals surface area contributed by atoms with Gasteiger partial charge in [-0.25, -0.2) is 10.1 Å². The Hall–Kier alpha value is -2.79. The van der Waals surface area contributed by atoms with Crippen LogP contribution in [0.25, 0.3) is 0 Å². The van der Waals surface area contributed by atoms with Crippen molar-refractivity contribution in [3.05, 3.63) is 52.4 Å². The first-order valence-electron chi connectivity index (χ1n) is 7.75. The fraction of sp³-hybridized carbons (Fsp3) is 0.125. The van der Waals surface area contributed by atoms with Gasteiger partial charge >= 0.3 is 0 Å². The Morgan fingerprint density at radius 1 is 1.41 bits per heavy atom. The van der Waals surface area contributed by atoms with Crippen LogP contribution in [0.2, 0.25) is 0 Å². The van der Waals surface area contributed by atoms with E-state index in [1.54, 1.807) is 12.1 Å². The second-order valence-electron chi connectivity index (χ2n) is 5.34. The van der Waals surface area contributed by atoms with E-state index >= 15 is 0 Å². The number of rotatable bonds is 7. The number of carbonyl (C=O) groups is 1. The first kappa shape index (κ1) is 19.0. The molecule has 4 N–H and O–H groups in total. The molecule has 3 aromatic rings. The number of hydrogen-bond acceptors (Lipinski definition) is 8. The molecule has 2 heterocycles. The van der Waals surface area contributed by atoms with Crippen LogP contribution in [-0.4, -0.2) is 32.7 Å². The van der Waals surface area contributed by atoms with Crippen molar-refractivity contribution in [2.24, 2.45) is 5.10 Å². The lowest BCUT2D eigenvalue weighted by atomic mass is 10.3. The molecule has 140 valence electrons. The first-order chi connectivity index (χ1) is 13.0. The smallest absolute Gasteiger partial charge is 0.264 e. The molecular formula is C16H16BrN7O2S. The van der Waals surface area contributed by atoms with Gasteiger partial charge in [-0.1, -0.05) is 33.8 Å². The molecule has 0 spiro atoms. The van der Waals surface area contributed by atoms with Gasteiger partial charge in [0.2, 0.25) is 11.1 Å². The number of thioether (sulfide) groups is 1. The predicted octanol–water partition coefficient (Wildman–Crippen LogP) is 2.83. The van der Waals surface area contributed by atoms with E-state index in [0.29, 0.717) is 16.6 Å². The van der Waals surface area contributed by atoms with Gasteiger partial charge in [0.05, 0.1) is 12.0 Å². The van der Waals surface area contributed by atoms with Crippen molar-refractivity contribution in [1.29, 1.82) is 0 Å². The van der Waals surface area contributed by atoms with E-state index in [-0.39, 0.29) is 17.6 Å². The number of carbonyl (C=O) groups excluding carboxylic acids is 1. The zero-order chi connectivity index (χ0) is 19.2. The number of nitrogen functional groups attached to an aromatic ring is 1. The number of nitrogens with one attached hydrogen (secondary N) is 2. The number of anilines is 2. The monoisotopic (exact) mass is 449 g/mol. The van der Waals surface area contributed by atoms with Crippen LogP contribution in [0.15, 0.2) is 55.5 Å². The van der Waals surface area contributed by atoms with E-state index in [2.05, 4.69) is 42.0 Å². The molecule has 27 heavy (non-hydrogen) atoms. The van der Waals surface area contributed by atoms with Gasteiger partial charge in [-0.05, 0) is 37.3 Å². The number of nitrogens with zero attached hydrogens (tertiary/aromatic N) is 4. The van der Waals surface area contributed by atoms with Crippen LogP contribution < -0.4 is 16.6 Å². The highest BCUT2D eigenvalue weighted by Crippen LogP contribution is 2.19. The minimum absolute atomic E-state index is 0.136. The maximum absolute atomic E-state index is 12.1. The van der Waals surface area contributed by atoms with Crippen molar-refractivity contribution in [3.8, 4) is 0 Å². The van der Waals surface area contributed by atoms with E-state index in [1.165, 1.54) is 10.9 Å². The minimum atomic E-state index is -0.179. The molecule has 0 unspecified atom stereocenters. The number of benzene rings is 1. The summed E-state index contributed by atoms with van der Waals surface area (Å²) < 4.78 is 7.47. The highest BCUT2D eigenvalue weighted by molar-refractivity contribution is 9.10. The number of hydrazone groups is 1. The summed E-state index contributed by atoms with van der Waals surface area (Å²) in [7, 11) is 0. The lowest BCUT2D eigenvalue weighted by Crippen LogP contribution is -2.16. The summed E-state index contributed by atoms with van der Waals surface area (Å²) in [5.74, 6) is 7.50. The highest BCUT2D eigenvalue weighted by Gasteiger charge is 2.12. The van der Waals surface area contributed by atoms with E-state index < -0.39 is 0 Å². The molecule has 0 aliphatic carbocycles. The van der Waals surface area contributed by atoms with Crippen LogP contribution >= 0.6 is 27.7 Å². The average molecular weight is 450 g/mol. The molecule has 0 saturated heterocycles. The number of hydrogen-bond donors (Lipinski definition) is 3. The zero-order valence-corrected chi connectivity index (χ0v) is 16.6. The molecule has 11 heteroatoms. The lowest BCUT2D eigenvalue weighted by molar-refractivity contribution is -0.113. The van der Waals surface area contributed by atoms with Crippen molar-refractivity contribution < 1.29 is 9.21 Å². The van der Waals surface area contributed by atoms with Crippen LogP contribution in [0.4, 0.5) is 11.6 Å². The Labute approximate surface area is 167 Å². The number of halogens is 1. The molecule has 0 fully saturated rings. The summed E-state index contributed by atoms with van der Waals surface area (Å²) in [5, 5.41) is 15.0. The predicted molar refractivity (Wildman–Crippen MR) is 108 cm³/mol. The molecule has 0 aliphatic heterocycles. The molecule has 1 aromatic carbocycles. The molecule has 1 amide bonds. The molecule has 0 aliphatic rings. The molecule has 2 aromatic heterocycles. The Balaban J connectivity index is 1.52. The summed E-state index contributed by atoms with van der Waals surface area (Å²) in [6.45, 7) is 1.84. The van der Waals surface area contributed by atoms with Crippen LogP contribution in [-0.2, 0) is 4.79 Å². The minimum Gasteiger partial charge on any atom is -0.460 e. The summed E-state index contributed by atoms with van der Waals surface area (Å²) in [6.07, 6.45) is 1.50. The highest BCUT2D eigenvalue weighted by atomic mass is 79.9. The van der Waals surface area contributed by atoms with Gasteiger partial charge in [0.1, 0.15) is 11.5 Å². The second-order valence-corrected chi connectivity index (χ2v) is 7.20. The maximum atomic E-state index is 12.1. The fourth-order valence-corrected chi connectivity index (χ4v) is 3.08. The van der Waals surface area contributed by atoms with Crippen LogP contribution in [0.1, 0.15) is 11.5 Å². The standard InChI is InChI=1S/C16H16BrN7O2S/c1-10-5-6-13(26-10)8-19-21-15-22-23-16(24(15)18)27-9-14(25)20-12-4-2-3-11(17)7-12/h2-8H,9,18H2,1H3,(H,20,25)(H,21,22)/b19-8+. The Kier molecular flexibility index (Phi) is 6.14. The summed E-state index contributed by atoms with van der Waals surface area (Å²) in [5.41, 5.74) is 3.38. The first-order valence-corrected chi connectivity index (χ1v) is 9.53. The van der Waals surface area contributed by atoms with Crippen LogP contribution in [0.5, 0.6) is 0 Å². The number of aryl methyl sites for hydroxylation is 1. The fourth-order valence-electron chi connectivity index (χ4n) is 2.02. The van der Waals surface area contributed by atoms with Gasteiger partial charge in [-0.3, -0.25) is 4.79 Å². The number of aromatic nitrogens is 3. The summed E-state index contributed by atoms with van der Waals surface area (Å²) >= 11 is 4.52. The van der Waals surface area contributed by atoms with Crippen molar-refractivity contribution >= 4 is 51.4 Å². The van der Waals surface area contributed by atoms with Gasteiger partial charge in [-0.2, -0.15) is 5.10 Å². The second kappa shape index (κ2) is 8.73. The third-order valence-corrected chi connectivity index (χ3v) is 4.66. The van der Waals surface area contributed by atoms with Gasteiger partial charge in [0, 0.05) is 10.2 Å². The van der Waals surface area contributed by atoms with Gasteiger partial charge in [0.15, 0.2) is 0 Å². The van der Waals surface area contributed by atoms with Crippen molar-refractivity contribution in [1.82, 2.24) is 14.9 Å². The Morgan fingerprint density at radius 3 is 3.00 bits per heavy atom. The van der Waals surface area contributed by atoms with Crippen molar-refractivity contribution in [3.63, 3.8) is 0 Å². The average Bonchev–Trinajstić information content (AvgIpc) is 3.19. The quantitative estimate of drug-likeness (QED) is 0.219. The van der Waals surface area contributed by atoms with E-state index in [4.69, 9.17) is 10.3 Å². The SMILES string of the molecule is Cc1ccc(/C=N/Nc2nnc(SCC(=O)Nc3cccc(Br)c3)n2N)o1. The molecule has 0 atom stereocenters. The molecule has 0 radical (unpaired) electrons. The van der Waals surface area contributed by atoms with E-state index in [9.17, 15) is 4.79 Å². The number of furan rings is 1. The summed E-state index contributed by atoms with van der Waals surface area (Å²) in [6, 6.07) is 11.0. The van der Waals surface area contributed by atoms with Crippen molar-refractivity contribution in [2.75, 3.05) is 22.3 Å². The van der Waals surface area contributed by atoms with Crippen molar-refractivity contribution in [2.45, 2.75) is 12.1 Å². The van der Waals surface area contributed by atoms with Gasteiger partial charge in [0.25, 0.3) is 5.95 Å². The van der Waals surface area contributed by atoms with Gasteiger partial charge < -0.3 is 15.6 Å². The summed E-state index contributed by atoms with van der Waals surface area (Å²) in [4.78, 5) is 12.1. The third-order valence-electron chi connectivity index (χ3n) is 3.22. The normalized spacial score (nSPS) is 11.0. The van der Waals surface area contributed by atoms with Crippen LogP contribution in [0.3, 0.4) is 0 Å². The van der Waals surface area contributed by atoms with E-state index in [1.807, 2.05) is 31.2 Å². The van der Waals surface area contributed by atoms with Gasteiger partial charge in [-0.15, -0.1) is 10.2 Å². The number of nitrogens with two attached hydrogens (primary N) is 1. The molecule has 9 nitrogen and oxygen atoms in total. The van der Waals surface area contributed by atoms with E-state index in [0.717, 1.165) is 22.0 Å². The van der Waals surface area contributed by atoms with Crippen LogP contribution in [0, 0.1) is 6.92 Å². The topological polar surface area (TPSA) is 123 Å². The Morgan fingerprint density at radius 2 is 2.26 bits per heavy atom. The molecule has 3 rings (SSSR count). The Bertz CT molecular complexity index is 969. The molecular weight excluding hydrogens is 434 g/mol. The lowest BCUT2D eigenvalue weighted by Gasteiger charge is -2.05. The number of amides is 1. The molecule has 0 bridgehead atoms. The largest absolute Gasteiger partial charge is 0.460 e. The zero-order valence-electron chi connectivity index (χ0n) is 14.2. The third kappa shape index (κ3) is 5.34. The maximum Gasteiger partial charge on any atom is 0.264 e. The molecule has 0 saturated carbocycles.